The molecule has 0 radical (unpaired) electrons. The van der Waals surface area contributed by atoms with Crippen LogP contribution in [-0.2, 0) is 0 Å². The predicted molar refractivity (Wildman–Crippen MR) is 77.4 cm³/mol. The molecule has 0 spiro atoms. The lowest BCUT2D eigenvalue weighted by Crippen LogP contribution is -1.94. The summed E-state index contributed by atoms with van der Waals surface area (Å²) in [6.07, 6.45) is 1.86. The van der Waals surface area contributed by atoms with Crippen LogP contribution in [0.4, 0.5) is 10.2 Å². The molecule has 0 fully saturated rings. The van der Waals surface area contributed by atoms with Gasteiger partial charge in [0.2, 0.25) is 0 Å². The minimum absolute atomic E-state index is 0.228. The molecule has 0 amide bonds. The number of nitrogen functional groups attached to an aromatic ring is 1. The average Bonchev–Trinajstić information content (AvgIpc) is 2.70. The topological polar surface area (TPSA) is 43.3 Å². The van der Waals surface area contributed by atoms with Gasteiger partial charge in [-0.2, -0.15) is 0 Å². The number of rotatable bonds is 1. The van der Waals surface area contributed by atoms with Gasteiger partial charge in [-0.25, -0.2) is 9.37 Å². The lowest BCUT2D eigenvalue weighted by atomic mass is 10.1. The lowest BCUT2D eigenvalue weighted by molar-refractivity contribution is 0.619. The van der Waals surface area contributed by atoms with E-state index in [1.165, 1.54) is 6.07 Å². The van der Waals surface area contributed by atoms with Crippen molar-refractivity contribution in [3.8, 4) is 11.3 Å². The molecule has 3 nitrogen and oxygen atoms in total. The Morgan fingerprint density at radius 1 is 1.26 bits per heavy atom. The fourth-order valence-electron chi connectivity index (χ4n) is 2.04. The number of benzene rings is 1. The maximum atomic E-state index is 13.3. The van der Waals surface area contributed by atoms with E-state index in [1.807, 2.05) is 18.3 Å². The molecule has 96 valence electrons. The number of aromatic nitrogens is 2. The van der Waals surface area contributed by atoms with Crippen molar-refractivity contribution in [1.82, 2.24) is 9.38 Å². The zero-order valence-electron chi connectivity index (χ0n) is 10.2. The zero-order valence-corrected chi connectivity index (χ0v) is 11.8. The summed E-state index contributed by atoms with van der Waals surface area (Å²) in [5.41, 5.74) is 8.94. The van der Waals surface area contributed by atoms with Crippen LogP contribution < -0.4 is 5.73 Å². The Morgan fingerprint density at radius 2 is 2.05 bits per heavy atom. The molecular formula is C14H11BrFN3. The summed E-state index contributed by atoms with van der Waals surface area (Å²) in [7, 11) is 0. The van der Waals surface area contributed by atoms with E-state index in [4.69, 9.17) is 5.73 Å². The molecular weight excluding hydrogens is 309 g/mol. The van der Waals surface area contributed by atoms with Crippen LogP contribution in [0.2, 0.25) is 0 Å². The Balaban J connectivity index is 2.24. The summed E-state index contributed by atoms with van der Waals surface area (Å²) in [6.45, 7) is 1.72. The van der Waals surface area contributed by atoms with Crippen molar-refractivity contribution in [2.24, 2.45) is 0 Å². The van der Waals surface area contributed by atoms with Crippen LogP contribution in [-0.4, -0.2) is 9.38 Å². The largest absolute Gasteiger partial charge is 0.383 e. The quantitative estimate of drug-likeness (QED) is 0.741. The number of pyridine rings is 1. The summed E-state index contributed by atoms with van der Waals surface area (Å²) in [6, 6.07) is 8.66. The van der Waals surface area contributed by atoms with Crippen LogP contribution in [0.25, 0.3) is 16.9 Å². The fraction of sp³-hybridized carbons (Fsp3) is 0.0714. The maximum Gasteiger partial charge on any atom is 0.139 e. The van der Waals surface area contributed by atoms with Gasteiger partial charge in [-0.1, -0.05) is 0 Å². The second-order valence-corrected chi connectivity index (χ2v) is 5.30. The molecule has 5 heteroatoms. The van der Waals surface area contributed by atoms with Crippen LogP contribution in [0.1, 0.15) is 5.56 Å². The van der Waals surface area contributed by atoms with Crippen molar-refractivity contribution in [3.05, 3.63) is 52.4 Å². The Labute approximate surface area is 118 Å². The number of imidazole rings is 1. The third kappa shape index (κ3) is 2.00. The molecule has 19 heavy (non-hydrogen) atoms. The van der Waals surface area contributed by atoms with Gasteiger partial charge in [-0.3, -0.25) is 4.40 Å². The first-order valence-electron chi connectivity index (χ1n) is 5.76. The Hall–Kier alpha value is -1.88. The van der Waals surface area contributed by atoms with Crippen LogP contribution in [0.15, 0.2) is 41.0 Å². The molecule has 0 saturated carbocycles. The SMILES string of the molecule is Cc1cc(-c2nc3ccc(Br)cn3c2N)ccc1F. The molecule has 2 N–H and O–H groups in total. The first kappa shape index (κ1) is 12.2. The highest BCUT2D eigenvalue weighted by atomic mass is 79.9. The monoisotopic (exact) mass is 319 g/mol. The van der Waals surface area contributed by atoms with Gasteiger partial charge in [-0.15, -0.1) is 0 Å². The van der Waals surface area contributed by atoms with Crippen molar-refractivity contribution in [3.63, 3.8) is 0 Å². The smallest absolute Gasteiger partial charge is 0.139 e. The molecule has 0 atom stereocenters. The first-order valence-corrected chi connectivity index (χ1v) is 6.55. The summed E-state index contributed by atoms with van der Waals surface area (Å²) < 4.78 is 16.0. The van der Waals surface area contributed by atoms with Gasteiger partial charge in [0.05, 0.1) is 0 Å². The van der Waals surface area contributed by atoms with E-state index in [2.05, 4.69) is 20.9 Å². The third-order valence-electron chi connectivity index (χ3n) is 3.05. The van der Waals surface area contributed by atoms with Gasteiger partial charge >= 0.3 is 0 Å². The molecule has 3 aromatic rings. The fourth-order valence-corrected chi connectivity index (χ4v) is 2.38. The minimum Gasteiger partial charge on any atom is -0.383 e. The maximum absolute atomic E-state index is 13.3. The highest BCUT2D eigenvalue weighted by Gasteiger charge is 2.12. The van der Waals surface area contributed by atoms with Gasteiger partial charge in [0.15, 0.2) is 0 Å². The summed E-state index contributed by atoms with van der Waals surface area (Å²) in [5.74, 6) is 0.316. The van der Waals surface area contributed by atoms with Gasteiger partial charge in [0.1, 0.15) is 23.0 Å². The highest BCUT2D eigenvalue weighted by Crippen LogP contribution is 2.28. The van der Waals surface area contributed by atoms with Gasteiger partial charge < -0.3 is 5.73 Å². The number of nitrogens with zero attached hydrogens (tertiary/aromatic N) is 2. The molecule has 0 aliphatic carbocycles. The van der Waals surface area contributed by atoms with Gasteiger partial charge in [-0.05, 0) is 58.7 Å². The molecule has 2 aromatic heterocycles. The lowest BCUT2D eigenvalue weighted by Gasteiger charge is -2.02. The molecule has 0 bridgehead atoms. The van der Waals surface area contributed by atoms with Crippen LogP contribution in [0.5, 0.6) is 0 Å². The van der Waals surface area contributed by atoms with Crippen LogP contribution in [0.3, 0.4) is 0 Å². The standard InChI is InChI=1S/C14H11BrFN3/c1-8-6-9(2-4-11(8)16)13-14(17)19-7-10(15)3-5-12(19)18-13/h2-7H,17H2,1H3. The summed E-state index contributed by atoms with van der Waals surface area (Å²) in [5, 5.41) is 0. The van der Waals surface area contributed by atoms with Crippen molar-refractivity contribution in [2.45, 2.75) is 6.92 Å². The van der Waals surface area contributed by atoms with Crippen molar-refractivity contribution in [1.29, 1.82) is 0 Å². The Bertz CT molecular complexity index is 780. The van der Waals surface area contributed by atoms with Gasteiger partial charge in [0.25, 0.3) is 0 Å². The molecule has 0 aliphatic rings. The van der Waals surface area contributed by atoms with Crippen molar-refractivity contribution >= 4 is 27.4 Å². The minimum atomic E-state index is -0.228. The second-order valence-electron chi connectivity index (χ2n) is 4.39. The summed E-state index contributed by atoms with van der Waals surface area (Å²) >= 11 is 3.40. The third-order valence-corrected chi connectivity index (χ3v) is 3.52. The number of anilines is 1. The second kappa shape index (κ2) is 4.35. The zero-order chi connectivity index (χ0) is 13.6. The molecule has 0 aliphatic heterocycles. The molecule has 2 heterocycles. The van der Waals surface area contributed by atoms with E-state index in [0.29, 0.717) is 17.1 Å². The van der Waals surface area contributed by atoms with Gasteiger partial charge in [0, 0.05) is 16.2 Å². The van der Waals surface area contributed by atoms with E-state index < -0.39 is 0 Å². The summed E-state index contributed by atoms with van der Waals surface area (Å²) in [4.78, 5) is 4.49. The van der Waals surface area contributed by atoms with Crippen molar-refractivity contribution < 1.29 is 4.39 Å². The molecule has 0 saturated heterocycles. The van der Waals surface area contributed by atoms with E-state index in [-0.39, 0.29) is 5.82 Å². The van der Waals surface area contributed by atoms with E-state index >= 15 is 0 Å². The molecule has 0 unspecified atom stereocenters. The molecule has 1 aromatic carbocycles. The predicted octanol–water partition coefficient (Wildman–Crippen LogP) is 3.79. The number of hydrogen-bond acceptors (Lipinski definition) is 2. The Kier molecular flexibility index (Phi) is 2.78. The van der Waals surface area contributed by atoms with E-state index in [0.717, 1.165) is 15.7 Å². The number of hydrogen-bond donors (Lipinski definition) is 1. The van der Waals surface area contributed by atoms with Crippen LogP contribution >= 0.6 is 15.9 Å². The number of fused-ring (bicyclic) bond motifs is 1. The first-order chi connectivity index (χ1) is 9.06. The van der Waals surface area contributed by atoms with E-state index in [9.17, 15) is 4.39 Å². The number of halogens is 2. The highest BCUT2D eigenvalue weighted by molar-refractivity contribution is 9.10. The molecule has 3 rings (SSSR count). The number of aryl methyl sites for hydroxylation is 1. The van der Waals surface area contributed by atoms with Crippen LogP contribution in [0, 0.1) is 12.7 Å². The van der Waals surface area contributed by atoms with Crippen molar-refractivity contribution in [2.75, 3.05) is 5.73 Å². The normalized spacial score (nSPS) is 11.1. The van der Waals surface area contributed by atoms with E-state index in [1.54, 1.807) is 23.5 Å². The number of nitrogens with two attached hydrogens (primary N) is 1. The Morgan fingerprint density at radius 3 is 2.79 bits per heavy atom. The average molecular weight is 320 g/mol.